The van der Waals surface area contributed by atoms with Crippen molar-refractivity contribution in [3.05, 3.63) is 59.9 Å². The fourth-order valence-corrected chi connectivity index (χ4v) is 3.55. The highest BCUT2D eigenvalue weighted by molar-refractivity contribution is 5.95. The van der Waals surface area contributed by atoms with Crippen molar-refractivity contribution in [2.24, 2.45) is 0 Å². The fraction of sp³-hybridized carbons (Fsp3) is 0.364. The van der Waals surface area contributed by atoms with E-state index in [1.165, 1.54) is 22.2 Å². The molecule has 1 saturated heterocycles. The van der Waals surface area contributed by atoms with Crippen LogP contribution in [0.1, 0.15) is 12.0 Å². The van der Waals surface area contributed by atoms with Gasteiger partial charge in [0, 0.05) is 38.4 Å². The smallest absolute Gasteiger partial charge is 0.241 e. The molecule has 6 heteroatoms. The van der Waals surface area contributed by atoms with Gasteiger partial charge >= 0.3 is 0 Å². The minimum Gasteiger partial charge on any atom is -0.369 e. The molecule has 0 atom stereocenters. The van der Waals surface area contributed by atoms with Crippen molar-refractivity contribution < 1.29 is 9.18 Å². The van der Waals surface area contributed by atoms with E-state index in [0.717, 1.165) is 26.2 Å². The summed E-state index contributed by atoms with van der Waals surface area (Å²) in [6.45, 7) is 5.74. The first-order chi connectivity index (χ1) is 13.6. The van der Waals surface area contributed by atoms with E-state index < -0.39 is 5.82 Å². The van der Waals surface area contributed by atoms with Gasteiger partial charge in [-0.15, -0.1) is 0 Å². The molecule has 1 aliphatic heterocycles. The molecule has 0 aliphatic carbocycles. The minimum atomic E-state index is -0.446. The highest BCUT2D eigenvalue weighted by Gasteiger charge is 2.24. The average Bonchev–Trinajstić information content (AvgIpc) is 2.70. The van der Waals surface area contributed by atoms with Crippen LogP contribution in [-0.4, -0.2) is 50.1 Å². The molecule has 3 rings (SSSR count). The van der Waals surface area contributed by atoms with Crippen LogP contribution in [0.5, 0.6) is 0 Å². The summed E-state index contributed by atoms with van der Waals surface area (Å²) in [6, 6.07) is 16.6. The maximum absolute atomic E-state index is 14.2. The van der Waals surface area contributed by atoms with Crippen molar-refractivity contribution in [1.29, 1.82) is 5.26 Å². The quantitative estimate of drug-likeness (QED) is 0.772. The zero-order valence-electron chi connectivity index (χ0n) is 16.1. The molecular formula is C22H25FN4O. The Balaban J connectivity index is 1.62. The third kappa shape index (κ3) is 4.68. The first-order valence-electron chi connectivity index (χ1n) is 9.55. The van der Waals surface area contributed by atoms with Gasteiger partial charge in [0.1, 0.15) is 5.82 Å². The Morgan fingerprint density at radius 2 is 1.79 bits per heavy atom. The topological polar surface area (TPSA) is 50.6 Å². The molecule has 1 amide bonds. The first kappa shape index (κ1) is 19.8. The normalized spacial score (nSPS) is 14.5. The van der Waals surface area contributed by atoms with Crippen LogP contribution in [0.3, 0.4) is 0 Å². The lowest BCUT2D eigenvalue weighted by Crippen LogP contribution is -2.50. The molecule has 0 radical (unpaired) electrons. The van der Waals surface area contributed by atoms with Crippen LogP contribution in [0, 0.1) is 24.1 Å². The number of hydrogen-bond acceptors (Lipinski definition) is 4. The van der Waals surface area contributed by atoms with Crippen molar-refractivity contribution in [2.45, 2.75) is 13.3 Å². The number of rotatable bonds is 6. The number of benzene rings is 2. The monoisotopic (exact) mass is 380 g/mol. The largest absolute Gasteiger partial charge is 0.369 e. The number of carbonyl (C=O) groups excluding carboxylic acids is 1. The Morgan fingerprint density at radius 1 is 1.11 bits per heavy atom. The molecule has 146 valence electrons. The molecular weight excluding hydrogens is 355 g/mol. The standard InChI is InChI=1S/C22H25FN4O/c1-18-7-2-4-9-20(18)26-15-13-25(14-16-26)17-22(28)27(12-6-11-24)21-10-5-3-8-19(21)23/h2-5,7-10H,6,12-17H2,1H3. The Kier molecular flexibility index (Phi) is 6.62. The number of anilines is 2. The van der Waals surface area contributed by atoms with E-state index in [1.54, 1.807) is 18.2 Å². The summed E-state index contributed by atoms with van der Waals surface area (Å²) < 4.78 is 14.2. The van der Waals surface area contributed by atoms with Crippen LogP contribution in [0.15, 0.2) is 48.5 Å². The van der Waals surface area contributed by atoms with Crippen LogP contribution in [0.25, 0.3) is 0 Å². The van der Waals surface area contributed by atoms with Gasteiger partial charge in [0.15, 0.2) is 0 Å². The van der Waals surface area contributed by atoms with Crippen LogP contribution < -0.4 is 9.80 Å². The number of nitriles is 1. The second-order valence-electron chi connectivity index (χ2n) is 6.95. The van der Waals surface area contributed by atoms with E-state index in [-0.39, 0.29) is 31.1 Å². The van der Waals surface area contributed by atoms with E-state index in [0.29, 0.717) is 0 Å². The van der Waals surface area contributed by atoms with E-state index in [1.807, 2.05) is 18.2 Å². The molecule has 0 bridgehead atoms. The molecule has 2 aromatic carbocycles. The van der Waals surface area contributed by atoms with Gasteiger partial charge < -0.3 is 9.80 Å². The number of para-hydroxylation sites is 2. The maximum atomic E-state index is 14.2. The molecule has 1 heterocycles. The zero-order chi connectivity index (χ0) is 19.9. The number of nitrogens with zero attached hydrogens (tertiary/aromatic N) is 4. The lowest BCUT2D eigenvalue weighted by Gasteiger charge is -2.37. The van der Waals surface area contributed by atoms with E-state index >= 15 is 0 Å². The summed E-state index contributed by atoms with van der Waals surface area (Å²) >= 11 is 0. The Bertz CT molecular complexity index is 856. The van der Waals surface area contributed by atoms with Crippen molar-refractivity contribution in [2.75, 3.05) is 49.1 Å². The van der Waals surface area contributed by atoms with Gasteiger partial charge in [0.05, 0.1) is 24.7 Å². The second-order valence-corrected chi connectivity index (χ2v) is 6.95. The second kappa shape index (κ2) is 9.34. The molecule has 1 aliphatic rings. The summed E-state index contributed by atoms with van der Waals surface area (Å²) in [6.07, 6.45) is 0.168. The predicted molar refractivity (Wildman–Crippen MR) is 109 cm³/mol. The molecule has 28 heavy (non-hydrogen) atoms. The highest BCUT2D eigenvalue weighted by atomic mass is 19.1. The molecule has 0 unspecified atom stereocenters. The zero-order valence-corrected chi connectivity index (χ0v) is 16.1. The van der Waals surface area contributed by atoms with Gasteiger partial charge in [0.25, 0.3) is 0 Å². The first-order valence-corrected chi connectivity index (χ1v) is 9.55. The molecule has 2 aromatic rings. The van der Waals surface area contributed by atoms with Crippen molar-refractivity contribution in [1.82, 2.24) is 4.90 Å². The van der Waals surface area contributed by atoms with E-state index in [9.17, 15) is 9.18 Å². The molecule has 0 N–H and O–H groups in total. The number of piperazine rings is 1. The Hall–Kier alpha value is -2.91. The predicted octanol–water partition coefficient (Wildman–Crippen LogP) is 3.20. The van der Waals surface area contributed by atoms with Gasteiger partial charge in [0.2, 0.25) is 5.91 Å². The minimum absolute atomic E-state index is 0.168. The Labute approximate surface area is 165 Å². The van der Waals surface area contributed by atoms with Crippen LogP contribution >= 0.6 is 0 Å². The van der Waals surface area contributed by atoms with Crippen molar-refractivity contribution >= 4 is 17.3 Å². The number of carbonyl (C=O) groups is 1. The lowest BCUT2D eigenvalue weighted by molar-refractivity contribution is -0.119. The summed E-state index contributed by atoms with van der Waals surface area (Å²) in [5, 5.41) is 8.90. The lowest BCUT2D eigenvalue weighted by atomic mass is 10.1. The molecule has 0 aromatic heterocycles. The van der Waals surface area contributed by atoms with E-state index in [2.05, 4.69) is 28.9 Å². The van der Waals surface area contributed by atoms with Crippen molar-refractivity contribution in [3.63, 3.8) is 0 Å². The van der Waals surface area contributed by atoms with Crippen LogP contribution in [0.2, 0.25) is 0 Å². The summed E-state index contributed by atoms with van der Waals surface area (Å²) in [4.78, 5) is 18.7. The number of aryl methyl sites for hydroxylation is 1. The number of halogens is 1. The van der Waals surface area contributed by atoms with Gasteiger partial charge in [-0.05, 0) is 30.7 Å². The average molecular weight is 380 g/mol. The van der Waals surface area contributed by atoms with Crippen LogP contribution in [0.4, 0.5) is 15.8 Å². The van der Waals surface area contributed by atoms with Gasteiger partial charge in [-0.25, -0.2) is 4.39 Å². The van der Waals surface area contributed by atoms with E-state index in [4.69, 9.17) is 5.26 Å². The Morgan fingerprint density at radius 3 is 2.46 bits per heavy atom. The highest BCUT2D eigenvalue weighted by Crippen LogP contribution is 2.22. The van der Waals surface area contributed by atoms with Crippen molar-refractivity contribution in [3.8, 4) is 6.07 Å². The molecule has 0 spiro atoms. The number of amides is 1. The van der Waals surface area contributed by atoms with Gasteiger partial charge in [-0.2, -0.15) is 5.26 Å². The summed E-state index contributed by atoms with van der Waals surface area (Å²) in [5.41, 5.74) is 2.71. The SMILES string of the molecule is Cc1ccccc1N1CCN(CC(=O)N(CCC#N)c2ccccc2F)CC1. The summed E-state index contributed by atoms with van der Waals surface area (Å²) in [5.74, 6) is -0.622. The third-order valence-electron chi connectivity index (χ3n) is 5.08. The summed E-state index contributed by atoms with van der Waals surface area (Å²) in [7, 11) is 0. The maximum Gasteiger partial charge on any atom is 0.241 e. The van der Waals surface area contributed by atoms with Crippen LogP contribution in [-0.2, 0) is 4.79 Å². The van der Waals surface area contributed by atoms with Gasteiger partial charge in [-0.3, -0.25) is 9.69 Å². The fourth-order valence-electron chi connectivity index (χ4n) is 3.55. The number of hydrogen-bond donors (Lipinski definition) is 0. The molecule has 1 fully saturated rings. The third-order valence-corrected chi connectivity index (χ3v) is 5.08. The molecule has 0 saturated carbocycles. The van der Waals surface area contributed by atoms with Gasteiger partial charge in [-0.1, -0.05) is 30.3 Å². The molecule has 5 nitrogen and oxygen atoms in total.